The summed E-state index contributed by atoms with van der Waals surface area (Å²) in [5.74, 6) is 0. The van der Waals surface area contributed by atoms with Gasteiger partial charge in [-0.25, -0.2) is 0 Å². The molecule has 0 amide bonds. The fourth-order valence-corrected chi connectivity index (χ4v) is 4.12. The average molecular weight is 344 g/mol. The van der Waals surface area contributed by atoms with Crippen LogP contribution in [0.2, 0.25) is 0 Å². The first kappa shape index (κ1) is 15.8. The van der Waals surface area contributed by atoms with Crippen LogP contribution in [0.5, 0.6) is 0 Å². The van der Waals surface area contributed by atoms with Crippen LogP contribution in [0.3, 0.4) is 0 Å². The lowest BCUT2D eigenvalue weighted by atomic mass is 9.88. The Bertz CT molecular complexity index is 1110. The van der Waals surface area contributed by atoms with Crippen LogP contribution in [-0.2, 0) is 0 Å². The zero-order valence-corrected chi connectivity index (χ0v) is 15.3. The van der Waals surface area contributed by atoms with E-state index >= 15 is 0 Å². The molecule has 0 heteroatoms. The Kier molecular flexibility index (Phi) is 3.76. The predicted molar refractivity (Wildman–Crippen MR) is 115 cm³/mol. The van der Waals surface area contributed by atoms with Gasteiger partial charge in [-0.2, -0.15) is 0 Å². The summed E-state index contributed by atoms with van der Waals surface area (Å²) < 4.78 is 0. The van der Waals surface area contributed by atoms with Crippen LogP contribution in [0.25, 0.3) is 22.3 Å². The van der Waals surface area contributed by atoms with Crippen LogP contribution in [0.1, 0.15) is 27.8 Å². The van der Waals surface area contributed by atoms with Crippen molar-refractivity contribution in [3.8, 4) is 11.1 Å². The number of hydrogen-bond acceptors (Lipinski definition) is 0. The number of rotatable bonds is 2. The SMILES string of the molecule is Cc1ccc2c(c1)C(=C(c1ccccc1)c1ccccc1)c1ccccc1-2. The summed E-state index contributed by atoms with van der Waals surface area (Å²) in [6.45, 7) is 2.17. The van der Waals surface area contributed by atoms with E-state index in [-0.39, 0.29) is 0 Å². The van der Waals surface area contributed by atoms with Crippen molar-refractivity contribution in [3.63, 3.8) is 0 Å². The first-order chi connectivity index (χ1) is 13.3. The molecular weight excluding hydrogens is 324 g/mol. The Hall–Kier alpha value is -3.38. The largest absolute Gasteiger partial charge is 0.0622 e. The molecule has 5 rings (SSSR count). The zero-order chi connectivity index (χ0) is 18.2. The third-order valence-corrected chi connectivity index (χ3v) is 5.31. The molecule has 0 aromatic heterocycles. The molecule has 0 radical (unpaired) electrons. The molecular formula is C27H20. The van der Waals surface area contributed by atoms with Gasteiger partial charge in [0.2, 0.25) is 0 Å². The molecule has 27 heavy (non-hydrogen) atoms. The molecule has 4 aromatic carbocycles. The van der Waals surface area contributed by atoms with E-state index in [1.807, 2.05) is 0 Å². The lowest BCUT2D eigenvalue weighted by Crippen LogP contribution is -1.94. The smallest absolute Gasteiger partial charge is 0.00142 e. The minimum Gasteiger partial charge on any atom is -0.0622 e. The second kappa shape index (κ2) is 6.41. The van der Waals surface area contributed by atoms with Crippen molar-refractivity contribution in [2.24, 2.45) is 0 Å². The highest BCUT2D eigenvalue weighted by Crippen LogP contribution is 2.48. The summed E-state index contributed by atoms with van der Waals surface area (Å²) in [5, 5.41) is 0. The van der Waals surface area contributed by atoms with Crippen LogP contribution in [0.15, 0.2) is 103 Å². The van der Waals surface area contributed by atoms with Crippen molar-refractivity contribution in [3.05, 3.63) is 131 Å². The molecule has 1 aliphatic carbocycles. The van der Waals surface area contributed by atoms with Crippen molar-refractivity contribution in [2.75, 3.05) is 0 Å². The molecule has 0 saturated heterocycles. The molecule has 0 fully saturated rings. The molecule has 1 aliphatic rings. The Morgan fingerprint density at radius 2 is 1.00 bits per heavy atom. The summed E-state index contributed by atoms with van der Waals surface area (Å²) in [6.07, 6.45) is 0. The van der Waals surface area contributed by atoms with Gasteiger partial charge in [0, 0.05) is 0 Å². The van der Waals surface area contributed by atoms with Crippen LogP contribution in [-0.4, -0.2) is 0 Å². The van der Waals surface area contributed by atoms with Gasteiger partial charge in [-0.1, -0.05) is 109 Å². The van der Waals surface area contributed by atoms with E-state index in [1.54, 1.807) is 0 Å². The van der Waals surface area contributed by atoms with Crippen LogP contribution < -0.4 is 0 Å². The topological polar surface area (TPSA) is 0 Å². The van der Waals surface area contributed by atoms with E-state index in [2.05, 4.69) is 110 Å². The molecule has 128 valence electrons. The van der Waals surface area contributed by atoms with Gasteiger partial charge in [-0.15, -0.1) is 0 Å². The third kappa shape index (κ3) is 2.62. The highest BCUT2D eigenvalue weighted by atomic mass is 14.3. The monoisotopic (exact) mass is 344 g/mol. The summed E-state index contributed by atoms with van der Waals surface area (Å²) in [5.41, 5.74) is 11.7. The fourth-order valence-electron chi connectivity index (χ4n) is 4.12. The summed E-state index contributed by atoms with van der Waals surface area (Å²) >= 11 is 0. The molecule has 0 aliphatic heterocycles. The molecule has 0 spiro atoms. The van der Waals surface area contributed by atoms with Gasteiger partial charge in [0.1, 0.15) is 0 Å². The first-order valence-electron chi connectivity index (χ1n) is 9.39. The number of aryl methyl sites for hydroxylation is 1. The highest BCUT2D eigenvalue weighted by Gasteiger charge is 2.26. The van der Waals surface area contributed by atoms with Gasteiger partial charge in [0.25, 0.3) is 0 Å². The molecule has 0 nitrogen and oxygen atoms in total. The van der Waals surface area contributed by atoms with Crippen molar-refractivity contribution >= 4 is 11.1 Å². The maximum atomic E-state index is 2.33. The Labute approximate surface area is 160 Å². The van der Waals surface area contributed by atoms with Crippen molar-refractivity contribution in [2.45, 2.75) is 6.92 Å². The second-order valence-corrected chi connectivity index (χ2v) is 7.08. The molecule has 0 unspecified atom stereocenters. The lowest BCUT2D eigenvalue weighted by Gasteiger charge is -2.15. The Morgan fingerprint density at radius 1 is 0.481 bits per heavy atom. The number of hydrogen-bond donors (Lipinski definition) is 0. The minimum atomic E-state index is 1.25. The maximum Gasteiger partial charge on any atom is -0.00142 e. The van der Waals surface area contributed by atoms with Crippen molar-refractivity contribution in [1.29, 1.82) is 0 Å². The molecule has 0 N–H and O–H groups in total. The molecule has 0 atom stereocenters. The minimum absolute atomic E-state index is 1.25. The maximum absolute atomic E-state index is 2.33. The number of benzene rings is 4. The fraction of sp³-hybridized carbons (Fsp3) is 0.0370. The van der Waals surface area contributed by atoms with E-state index in [1.165, 1.54) is 50.1 Å². The summed E-state index contributed by atoms with van der Waals surface area (Å²) in [7, 11) is 0. The van der Waals surface area contributed by atoms with Gasteiger partial charge in [-0.3, -0.25) is 0 Å². The van der Waals surface area contributed by atoms with Crippen LogP contribution >= 0.6 is 0 Å². The van der Waals surface area contributed by atoms with E-state index < -0.39 is 0 Å². The highest BCUT2D eigenvalue weighted by molar-refractivity contribution is 6.13. The summed E-state index contributed by atoms with van der Waals surface area (Å²) in [4.78, 5) is 0. The normalized spacial score (nSPS) is 11.8. The molecule has 0 heterocycles. The standard InChI is InChI=1S/C27H20/c1-19-16-17-23-22-14-8-9-15-24(22)27(25(23)18-19)26(20-10-4-2-5-11-20)21-12-6-3-7-13-21/h2-18H,1H3. The van der Waals surface area contributed by atoms with Crippen molar-refractivity contribution in [1.82, 2.24) is 0 Å². The molecule has 0 saturated carbocycles. The third-order valence-electron chi connectivity index (χ3n) is 5.31. The van der Waals surface area contributed by atoms with Crippen molar-refractivity contribution < 1.29 is 0 Å². The van der Waals surface area contributed by atoms with Gasteiger partial charge in [0.05, 0.1) is 0 Å². The first-order valence-corrected chi connectivity index (χ1v) is 9.39. The van der Waals surface area contributed by atoms with Gasteiger partial charge < -0.3 is 0 Å². The lowest BCUT2D eigenvalue weighted by molar-refractivity contribution is 1.46. The quantitative estimate of drug-likeness (QED) is 0.324. The van der Waals surface area contributed by atoms with E-state index in [9.17, 15) is 0 Å². The average Bonchev–Trinajstić information content (AvgIpc) is 3.04. The summed E-state index contributed by atoms with van der Waals surface area (Å²) in [6, 6.07) is 37.1. The van der Waals surface area contributed by atoms with Gasteiger partial charge >= 0.3 is 0 Å². The Morgan fingerprint density at radius 3 is 1.63 bits per heavy atom. The van der Waals surface area contributed by atoms with Crippen LogP contribution in [0.4, 0.5) is 0 Å². The van der Waals surface area contributed by atoms with E-state index in [0.29, 0.717) is 0 Å². The molecule has 4 aromatic rings. The van der Waals surface area contributed by atoms with E-state index in [4.69, 9.17) is 0 Å². The van der Waals surface area contributed by atoms with Gasteiger partial charge in [-0.05, 0) is 51.5 Å². The van der Waals surface area contributed by atoms with Gasteiger partial charge in [0.15, 0.2) is 0 Å². The zero-order valence-electron chi connectivity index (χ0n) is 15.3. The predicted octanol–water partition coefficient (Wildman–Crippen LogP) is 6.98. The number of fused-ring (bicyclic) bond motifs is 3. The molecule has 0 bridgehead atoms. The Balaban J connectivity index is 1.94. The second-order valence-electron chi connectivity index (χ2n) is 7.08. The van der Waals surface area contributed by atoms with Crippen LogP contribution in [0, 0.1) is 6.92 Å². The van der Waals surface area contributed by atoms with E-state index in [0.717, 1.165) is 0 Å².